The summed E-state index contributed by atoms with van der Waals surface area (Å²) >= 11 is 32.4. The molecule has 16 atom stereocenters. The molecule has 24 nitrogen and oxygen atoms in total. The zero-order chi connectivity index (χ0) is 54.4. The average molecular weight is 1250 g/mol. The fourth-order valence-corrected chi connectivity index (χ4v) is 10.9. The maximum atomic E-state index is 11.3. The fraction of sp³-hybridized carbons (Fsp3) is 0.435. The largest absolute Gasteiger partial charge is 0.393 e. The second-order valence-electron chi connectivity index (χ2n) is 16.9. The smallest absolute Gasteiger partial charge is 0.338 e. The third-order valence-corrected chi connectivity index (χ3v) is 15.9. The van der Waals surface area contributed by atoms with Crippen LogP contribution >= 0.6 is 69.6 Å². The van der Waals surface area contributed by atoms with Gasteiger partial charge in [0.05, 0.1) is 92.5 Å². The molecule has 10 fully saturated rings. The SMILES string of the molecule is C.C.Cl/C=C\Cl.O=C1C=CC(=O)O1.O=C1C=CC(=O)O1.O=C1OC(=O)C2C(Cl)C(Cl)C12.O=C1OC(=O)C2C(Cl)C(Cl)C12.O=C1OC(=O)C2C1C1C3C(=O)OC(=O)C3C21.O=C1OC(=O)C2C=CC12.O=C1OC(=O)C2C=CC12.[Zn]. The van der Waals surface area contributed by atoms with Crippen molar-refractivity contribution in [1.82, 2.24) is 0 Å². The average Bonchev–Trinajstić information content (AvgIpc) is 4.15. The van der Waals surface area contributed by atoms with Crippen molar-refractivity contribution in [3.8, 4) is 0 Å². The molecule has 0 aromatic carbocycles. The Kier molecular flexibility index (Phi) is 21.3. The van der Waals surface area contributed by atoms with Gasteiger partial charge in [0, 0.05) is 54.9 Å². The summed E-state index contributed by atoms with van der Waals surface area (Å²) in [4.78, 5) is 170. The Morgan fingerprint density at radius 2 is 0.455 bits per heavy atom. The van der Waals surface area contributed by atoms with Gasteiger partial charge < -0.3 is 37.9 Å². The van der Waals surface area contributed by atoms with Crippen molar-refractivity contribution in [2.45, 2.75) is 36.4 Å². The minimum absolute atomic E-state index is 0. The van der Waals surface area contributed by atoms with Gasteiger partial charge in [-0.2, -0.15) is 0 Å². The summed E-state index contributed by atoms with van der Waals surface area (Å²) < 4.78 is 34.3. The van der Waals surface area contributed by atoms with Crippen molar-refractivity contribution in [2.24, 2.45) is 82.9 Å². The van der Waals surface area contributed by atoms with Gasteiger partial charge >= 0.3 is 95.5 Å². The number of rotatable bonds is 0. The summed E-state index contributed by atoms with van der Waals surface area (Å²) in [6, 6.07) is 0. The molecule has 0 amide bonds. The van der Waals surface area contributed by atoms with E-state index in [-0.39, 0.29) is 69.8 Å². The van der Waals surface area contributed by atoms with Gasteiger partial charge in [-0.05, 0) is 11.8 Å². The van der Waals surface area contributed by atoms with E-state index in [1.165, 1.54) is 11.1 Å². The molecule has 0 aromatic rings. The number of carbonyl (C=O) groups is 16. The van der Waals surface area contributed by atoms with Crippen LogP contribution < -0.4 is 0 Å². The third kappa shape index (κ3) is 12.3. The molecule has 0 spiro atoms. The Bertz CT molecular complexity index is 2420. The van der Waals surface area contributed by atoms with Gasteiger partial charge in [0.15, 0.2) is 0 Å². The maximum Gasteiger partial charge on any atom is 0.338 e. The minimum atomic E-state index is -0.579. The van der Waals surface area contributed by atoms with Gasteiger partial charge in [0.25, 0.3) is 0 Å². The normalized spacial score (nSPS) is 37.1. The molecule has 77 heavy (non-hydrogen) atoms. The zero-order valence-electron chi connectivity index (χ0n) is 36.9. The Labute approximate surface area is 475 Å². The molecular formula is C46H36Cl6O24Zn. The number of esters is 16. The summed E-state index contributed by atoms with van der Waals surface area (Å²) in [6.45, 7) is 0. The number of carbonyl (C=O) groups excluding carboxylic acids is 16. The predicted octanol–water partition coefficient (Wildman–Crippen LogP) is 2.14. The van der Waals surface area contributed by atoms with Crippen molar-refractivity contribution in [2.75, 3.05) is 0 Å². The molecule has 14 rings (SSSR count). The first kappa shape index (κ1) is 63.7. The van der Waals surface area contributed by atoms with Crippen LogP contribution in [0, 0.1) is 82.9 Å². The van der Waals surface area contributed by atoms with E-state index in [9.17, 15) is 76.7 Å². The first-order chi connectivity index (χ1) is 34.9. The summed E-state index contributed by atoms with van der Waals surface area (Å²) in [5, 5.41) is -1.78. The van der Waals surface area contributed by atoms with E-state index >= 15 is 0 Å². The van der Waals surface area contributed by atoms with Crippen LogP contribution in [0.1, 0.15) is 14.9 Å². The van der Waals surface area contributed by atoms with E-state index in [2.05, 4.69) is 37.9 Å². The Hall–Kier alpha value is -5.82. The molecule has 4 saturated carbocycles. The number of cyclic esters (lactones) is 16. The monoisotopic (exact) mass is 1250 g/mol. The van der Waals surface area contributed by atoms with E-state index in [1.54, 1.807) is 24.3 Å². The molecule has 8 aliphatic heterocycles. The quantitative estimate of drug-likeness (QED) is 0.0837. The van der Waals surface area contributed by atoms with Crippen LogP contribution in [0.3, 0.4) is 0 Å². The minimum Gasteiger partial charge on any atom is -0.393 e. The third-order valence-electron chi connectivity index (χ3n) is 13.1. The van der Waals surface area contributed by atoms with Gasteiger partial charge in [-0.25, -0.2) is 19.2 Å². The van der Waals surface area contributed by atoms with Crippen molar-refractivity contribution >= 4 is 165 Å². The molecule has 0 N–H and O–H groups in total. The Morgan fingerprint density at radius 3 is 0.584 bits per heavy atom. The number of alkyl halides is 4. The number of hydrogen-bond acceptors (Lipinski definition) is 24. The molecule has 31 heteroatoms. The molecule has 6 aliphatic carbocycles. The van der Waals surface area contributed by atoms with Gasteiger partial charge in [0.1, 0.15) is 0 Å². The molecule has 0 radical (unpaired) electrons. The molecule has 0 bridgehead atoms. The number of halogens is 6. The second-order valence-corrected chi connectivity index (χ2v) is 19.4. The summed E-state index contributed by atoms with van der Waals surface area (Å²) in [7, 11) is 0. The molecule has 16 unspecified atom stereocenters. The first-order valence-corrected chi connectivity index (χ1v) is 23.7. The van der Waals surface area contributed by atoms with Gasteiger partial charge in [-0.15, -0.1) is 46.4 Å². The molecule has 8 heterocycles. The summed E-state index contributed by atoms with van der Waals surface area (Å²) in [5.41, 5.74) is 2.48. The molecule has 14 aliphatic rings. The van der Waals surface area contributed by atoms with E-state index in [4.69, 9.17) is 69.6 Å². The van der Waals surface area contributed by atoms with Crippen molar-refractivity contribution in [3.05, 3.63) is 59.7 Å². The van der Waals surface area contributed by atoms with Crippen LogP contribution in [-0.2, 0) is 134 Å². The van der Waals surface area contributed by atoms with Crippen LogP contribution in [0.25, 0.3) is 0 Å². The van der Waals surface area contributed by atoms with E-state index in [0.29, 0.717) is 0 Å². The molecule has 6 saturated heterocycles. The van der Waals surface area contributed by atoms with Gasteiger partial charge in [-0.1, -0.05) is 62.4 Å². The van der Waals surface area contributed by atoms with Crippen LogP contribution in [-0.4, -0.2) is 117 Å². The van der Waals surface area contributed by atoms with Gasteiger partial charge in [-0.3, -0.25) is 57.5 Å². The van der Waals surface area contributed by atoms with E-state index in [1.807, 2.05) is 0 Å². The van der Waals surface area contributed by atoms with Crippen molar-refractivity contribution in [1.29, 1.82) is 0 Å². The van der Waals surface area contributed by atoms with Crippen LogP contribution in [0.2, 0.25) is 0 Å². The zero-order valence-corrected chi connectivity index (χ0v) is 44.4. The predicted molar refractivity (Wildman–Crippen MR) is 247 cm³/mol. The molecule has 0 aromatic heterocycles. The second kappa shape index (κ2) is 25.8. The first-order valence-electron chi connectivity index (χ1n) is 21.1. The standard InChI is InChI=1S/C10H6O6.2C6H4Cl2O3.2C6H4O3.2C4H2O3.C2H2Cl2.2CH4.Zn/c11-7-3-1-2(5(3)9(13)15-7)6-4(1)8(12)16-10(6)14;2*7-3-1-2(4(3)8)6(10)11-5(1)9;2*7-5-3-1-2-4(3)6(8)9-5;2*5-3-1-2-4(6)7-3;3-1-2-4;;;/h1-6H;2*1-4H;2*1-4H;2*1-2H;1-2H;2*1H4;/b;;;;;;;2-1-;;;. The number of hydrogen-bond donors (Lipinski definition) is 0. The fourth-order valence-electron chi connectivity index (χ4n) is 9.27. The Balaban J connectivity index is 0.000000194. The topological polar surface area (TPSA) is 347 Å². The van der Waals surface area contributed by atoms with Crippen LogP contribution in [0.5, 0.6) is 0 Å². The number of fused-ring (bicyclic) bond motifs is 11. The van der Waals surface area contributed by atoms with Crippen molar-refractivity contribution in [3.63, 3.8) is 0 Å². The van der Waals surface area contributed by atoms with Gasteiger partial charge in [0.2, 0.25) is 0 Å². The van der Waals surface area contributed by atoms with Crippen LogP contribution in [0.15, 0.2) is 59.7 Å². The molecular weight excluding hydrogens is 1210 g/mol. The maximum absolute atomic E-state index is 11.3. The van der Waals surface area contributed by atoms with E-state index < -0.39 is 164 Å². The molecule has 408 valence electrons. The van der Waals surface area contributed by atoms with Crippen molar-refractivity contribution < 1.29 is 134 Å². The van der Waals surface area contributed by atoms with Crippen LogP contribution in [0.4, 0.5) is 0 Å². The summed E-state index contributed by atoms with van der Waals surface area (Å²) in [5.74, 6) is -13.7. The van der Waals surface area contributed by atoms with E-state index in [0.717, 1.165) is 24.3 Å². The Morgan fingerprint density at radius 1 is 0.286 bits per heavy atom. The summed E-state index contributed by atoms with van der Waals surface area (Å²) in [6.07, 6.45) is 11.1. The number of ether oxygens (including phenoxy) is 8.